The fourth-order valence-corrected chi connectivity index (χ4v) is 5.67. The number of rotatable bonds is 6. The number of hydrogen-bond acceptors (Lipinski definition) is 4. The standard InChI is InChI=1S/C22H25ClF3N3O2S/c1-21(2)9-4-3-5-17(21)13-29(18-7-6-16(12-27)20(23)11-18)19-8-10-28(14-19)32(30,31)15-22(24,25)26/h3-7,11,19H,8-10,13-15H2,1-2H3/t19-/m0/s1. The van der Waals surface area contributed by atoms with E-state index in [1.165, 1.54) is 0 Å². The number of hydrogen-bond donors (Lipinski definition) is 0. The van der Waals surface area contributed by atoms with Crippen molar-refractivity contribution in [2.24, 2.45) is 5.41 Å². The molecule has 10 heteroatoms. The molecule has 0 spiro atoms. The van der Waals surface area contributed by atoms with E-state index in [2.05, 4.69) is 19.9 Å². The van der Waals surface area contributed by atoms with Crippen molar-refractivity contribution in [2.75, 3.05) is 30.3 Å². The van der Waals surface area contributed by atoms with Crippen LogP contribution in [-0.2, 0) is 10.0 Å². The van der Waals surface area contributed by atoms with Crippen LogP contribution in [0.4, 0.5) is 18.9 Å². The van der Waals surface area contributed by atoms with Gasteiger partial charge in [0, 0.05) is 31.4 Å². The van der Waals surface area contributed by atoms with Gasteiger partial charge >= 0.3 is 6.18 Å². The Kier molecular flexibility index (Phi) is 6.99. The molecule has 1 saturated heterocycles. The molecule has 1 aliphatic carbocycles. The average Bonchev–Trinajstić information content (AvgIpc) is 3.16. The molecule has 5 nitrogen and oxygen atoms in total. The van der Waals surface area contributed by atoms with Crippen LogP contribution in [-0.4, -0.2) is 50.3 Å². The molecule has 0 unspecified atom stereocenters. The lowest BCUT2D eigenvalue weighted by Crippen LogP contribution is -2.43. The second-order valence-electron chi connectivity index (χ2n) is 8.78. The Balaban J connectivity index is 1.92. The highest BCUT2D eigenvalue weighted by molar-refractivity contribution is 7.89. The molecule has 0 aromatic heterocycles. The normalized spacial score (nSPS) is 21.3. The van der Waals surface area contributed by atoms with Crippen molar-refractivity contribution < 1.29 is 21.6 Å². The quantitative estimate of drug-likeness (QED) is 0.572. The van der Waals surface area contributed by atoms with E-state index in [-0.39, 0.29) is 29.6 Å². The third-order valence-corrected chi connectivity index (χ3v) is 8.11. The largest absolute Gasteiger partial charge is 0.404 e. The first-order chi connectivity index (χ1) is 14.8. The zero-order chi connectivity index (χ0) is 23.7. The van der Waals surface area contributed by atoms with E-state index in [0.717, 1.165) is 16.3 Å². The summed E-state index contributed by atoms with van der Waals surface area (Å²) in [5, 5.41) is 9.45. The lowest BCUT2D eigenvalue weighted by molar-refractivity contribution is -0.107. The molecule has 3 rings (SSSR count). The molecule has 2 aliphatic rings. The third-order valence-electron chi connectivity index (χ3n) is 5.98. The van der Waals surface area contributed by atoms with Crippen molar-refractivity contribution >= 4 is 27.3 Å². The zero-order valence-corrected chi connectivity index (χ0v) is 19.4. The van der Waals surface area contributed by atoms with Crippen molar-refractivity contribution in [2.45, 2.75) is 38.9 Å². The van der Waals surface area contributed by atoms with Crippen molar-refractivity contribution in [1.82, 2.24) is 4.31 Å². The lowest BCUT2D eigenvalue weighted by atomic mass is 9.78. The van der Waals surface area contributed by atoms with Crippen molar-refractivity contribution in [3.63, 3.8) is 0 Å². The van der Waals surface area contributed by atoms with Gasteiger partial charge < -0.3 is 4.90 Å². The zero-order valence-electron chi connectivity index (χ0n) is 17.9. The van der Waals surface area contributed by atoms with E-state index in [4.69, 9.17) is 11.6 Å². The van der Waals surface area contributed by atoms with Gasteiger partial charge in [0.1, 0.15) is 6.07 Å². The van der Waals surface area contributed by atoms with Crippen LogP contribution in [0.5, 0.6) is 0 Å². The fourth-order valence-electron chi connectivity index (χ4n) is 4.07. The van der Waals surface area contributed by atoms with Crippen LogP contribution in [0.1, 0.15) is 32.3 Å². The summed E-state index contributed by atoms with van der Waals surface area (Å²) >= 11 is 6.25. The van der Waals surface area contributed by atoms with Crippen molar-refractivity contribution in [3.8, 4) is 6.07 Å². The highest BCUT2D eigenvalue weighted by Gasteiger charge is 2.42. The maximum Gasteiger partial charge on any atom is 0.404 e. The van der Waals surface area contributed by atoms with Gasteiger partial charge in [-0.15, -0.1) is 0 Å². The Morgan fingerprint density at radius 1 is 1.34 bits per heavy atom. The van der Waals surface area contributed by atoms with E-state index >= 15 is 0 Å². The number of allylic oxidation sites excluding steroid dienone is 3. The summed E-state index contributed by atoms with van der Waals surface area (Å²) in [4.78, 5) is 1.99. The number of benzene rings is 1. The summed E-state index contributed by atoms with van der Waals surface area (Å²) in [5.41, 5.74) is 2.01. The van der Waals surface area contributed by atoms with E-state index in [1.54, 1.807) is 18.2 Å². The van der Waals surface area contributed by atoms with Crippen molar-refractivity contribution in [1.29, 1.82) is 5.26 Å². The predicted octanol–water partition coefficient (Wildman–Crippen LogP) is 4.90. The molecule has 1 heterocycles. The summed E-state index contributed by atoms with van der Waals surface area (Å²) < 4.78 is 63.8. The van der Waals surface area contributed by atoms with Gasteiger partial charge in [-0.05, 0) is 42.0 Å². The molecule has 0 saturated carbocycles. The van der Waals surface area contributed by atoms with Crippen molar-refractivity contribution in [3.05, 3.63) is 52.6 Å². The van der Waals surface area contributed by atoms with Gasteiger partial charge in [-0.3, -0.25) is 0 Å². The predicted molar refractivity (Wildman–Crippen MR) is 119 cm³/mol. The molecule has 1 aromatic carbocycles. The number of anilines is 1. The van der Waals surface area contributed by atoms with E-state index < -0.39 is 22.0 Å². The highest BCUT2D eigenvalue weighted by Crippen LogP contribution is 2.37. The Morgan fingerprint density at radius 3 is 2.66 bits per heavy atom. The SMILES string of the molecule is CC1(C)CC=CC=C1CN(c1ccc(C#N)c(Cl)c1)[C@H]1CCN(S(=O)(=O)CC(F)(F)F)C1. The van der Waals surface area contributed by atoms with E-state index in [0.29, 0.717) is 24.2 Å². The molecule has 0 bridgehead atoms. The Bertz CT molecular complexity index is 1070. The molecule has 174 valence electrons. The first kappa shape index (κ1) is 24.6. The average molecular weight is 488 g/mol. The number of halogens is 4. The Labute approximate surface area is 191 Å². The highest BCUT2D eigenvalue weighted by atomic mass is 35.5. The third kappa shape index (κ3) is 5.66. The van der Waals surface area contributed by atoms with E-state index in [9.17, 15) is 26.9 Å². The van der Waals surface area contributed by atoms with Gasteiger partial charge in [0.2, 0.25) is 10.0 Å². The molecular weight excluding hydrogens is 463 g/mol. The molecule has 1 aromatic rings. The smallest absolute Gasteiger partial charge is 0.363 e. The van der Waals surface area contributed by atoms with Gasteiger partial charge in [-0.2, -0.15) is 22.7 Å². The van der Waals surface area contributed by atoms with Crippen LogP contribution in [0.15, 0.2) is 42.0 Å². The molecule has 1 fully saturated rings. The second kappa shape index (κ2) is 9.08. The Morgan fingerprint density at radius 2 is 2.06 bits per heavy atom. The minimum atomic E-state index is -4.79. The van der Waals surface area contributed by atoms with Gasteiger partial charge in [0.05, 0.1) is 10.6 Å². The van der Waals surface area contributed by atoms with Crippen LogP contribution in [0.25, 0.3) is 0 Å². The van der Waals surface area contributed by atoms with Gasteiger partial charge in [-0.1, -0.05) is 43.7 Å². The monoisotopic (exact) mass is 487 g/mol. The first-order valence-corrected chi connectivity index (χ1v) is 12.2. The summed E-state index contributed by atoms with van der Waals surface area (Å²) in [5.74, 6) is -1.86. The summed E-state index contributed by atoms with van der Waals surface area (Å²) in [6.45, 7) is 4.67. The number of nitriles is 1. The number of alkyl halides is 3. The summed E-state index contributed by atoms with van der Waals surface area (Å²) in [6.07, 6.45) is 2.51. The summed E-state index contributed by atoms with van der Waals surface area (Å²) in [7, 11) is -4.45. The minimum absolute atomic E-state index is 0.0198. The summed E-state index contributed by atoms with van der Waals surface area (Å²) in [6, 6.07) is 6.67. The maximum atomic E-state index is 12.8. The molecule has 0 N–H and O–H groups in total. The maximum absolute atomic E-state index is 12.8. The Hall–Kier alpha value is -2.02. The first-order valence-electron chi connectivity index (χ1n) is 10.2. The molecular formula is C22H25ClF3N3O2S. The second-order valence-corrected chi connectivity index (χ2v) is 11.2. The molecule has 0 amide bonds. The van der Waals surface area contributed by atoms with Gasteiger partial charge in [0.25, 0.3) is 0 Å². The van der Waals surface area contributed by atoms with Crippen LogP contribution in [0.2, 0.25) is 5.02 Å². The van der Waals surface area contributed by atoms with Crippen LogP contribution >= 0.6 is 11.6 Å². The van der Waals surface area contributed by atoms with Crippen LogP contribution in [0, 0.1) is 16.7 Å². The fraction of sp³-hybridized carbons (Fsp3) is 0.500. The molecule has 32 heavy (non-hydrogen) atoms. The van der Waals surface area contributed by atoms with E-state index in [1.807, 2.05) is 23.1 Å². The van der Waals surface area contributed by atoms with Gasteiger partial charge in [0.15, 0.2) is 5.75 Å². The topological polar surface area (TPSA) is 64.4 Å². The van der Waals surface area contributed by atoms with Crippen LogP contribution in [0.3, 0.4) is 0 Å². The number of nitrogens with zero attached hydrogens (tertiary/aromatic N) is 3. The van der Waals surface area contributed by atoms with Crippen LogP contribution < -0.4 is 4.90 Å². The molecule has 1 atom stereocenters. The molecule has 1 aliphatic heterocycles. The molecule has 0 radical (unpaired) electrons. The number of sulfonamides is 1. The van der Waals surface area contributed by atoms with Gasteiger partial charge in [-0.25, -0.2) is 8.42 Å². The minimum Gasteiger partial charge on any atom is -0.363 e. The lowest BCUT2D eigenvalue weighted by Gasteiger charge is -2.37.